The number of rotatable bonds is 8. The maximum atomic E-state index is 16.2. The van der Waals surface area contributed by atoms with Crippen LogP contribution < -0.4 is 4.74 Å². The topological polar surface area (TPSA) is 73.1 Å². The maximum absolute atomic E-state index is 16.2. The lowest BCUT2D eigenvalue weighted by Crippen LogP contribution is -2.76. The van der Waals surface area contributed by atoms with Crippen LogP contribution in [0.4, 0.5) is 30.7 Å². The third kappa shape index (κ3) is 3.71. The number of ether oxygens (including phenoxy) is 1. The molecule has 0 aliphatic heterocycles. The zero-order valence-electron chi connectivity index (χ0n) is 18.4. The highest BCUT2D eigenvalue weighted by molar-refractivity contribution is 5.45. The van der Waals surface area contributed by atoms with Crippen LogP contribution in [0.2, 0.25) is 0 Å². The second-order valence-corrected chi connectivity index (χ2v) is 9.59. The van der Waals surface area contributed by atoms with Crippen molar-refractivity contribution in [2.24, 2.45) is 5.41 Å². The number of nitrogens with zero attached hydrogens (tertiary/aromatic N) is 4. The number of halogens is 7. The highest BCUT2D eigenvalue weighted by Gasteiger charge is 2.82. The van der Waals surface area contributed by atoms with E-state index in [2.05, 4.69) is 15.5 Å². The van der Waals surface area contributed by atoms with Crippen LogP contribution in [0.5, 0.6) is 5.75 Å². The minimum atomic E-state index is -4.53. The Bertz CT molecular complexity index is 1260. The standard InChI is InChI=1S/C23H19F7N4O2/c24-15-4-5-17(18(25)7-15)21(35,11-34-13-31-32-33-34)23(29,30)20-8-19(9-20,10-20)14-2-1-3-16(6-14)36-12-22(26,27)28/h1-7,13,35H,8-12H2/t19?,20?,21-/m0/s1. The zero-order chi connectivity index (χ0) is 26.0. The van der Waals surface area contributed by atoms with Crippen molar-refractivity contribution < 1.29 is 40.6 Å². The number of benzene rings is 2. The second kappa shape index (κ2) is 7.89. The highest BCUT2D eigenvalue weighted by Crippen LogP contribution is 2.80. The van der Waals surface area contributed by atoms with Crippen LogP contribution in [0.1, 0.15) is 30.4 Å². The summed E-state index contributed by atoms with van der Waals surface area (Å²) >= 11 is 0. The smallest absolute Gasteiger partial charge is 0.422 e. The molecule has 0 saturated heterocycles. The summed E-state index contributed by atoms with van der Waals surface area (Å²) in [6.45, 7) is -2.38. The van der Waals surface area contributed by atoms with Gasteiger partial charge in [0.2, 0.25) is 0 Å². The molecule has 36 heavy (non-hydrogen) atoms. The minimum absolute atomic E-state index is 0.0427. The second-order valence-electron chi connectivity index (χ2n) is 9.59. The van der Waals surface area contributed by atoms with E-state index < -0.39 is 58.9 Å². The van der Waals surface area contributed by atoms with Gasteiger partial charge in [-0.3, -0.25) is 0 Å². The largest absolute Gasteiger partial charge is 0.484 e. The summed E-state index contributed by atoms with van der Waals surface area (Å²) < 4.78 is 104. The van der Waals surface area contributed by atoms with E-state index >= 15 is 8.78 Å². The fourth-order valence-corrected chi connectivity index (χ4v) is 5.61. The van der Waals surface area contributed by atoms with Gasteiger partial charge in [0.15, 0.2) is 12.2 Å². The summed E-state index contributed by atoms with van der Waals surface area (Å²) in [5.41, 5.74) is -5.84. The molecule has 13 heteroatoms. The molecule has 0 amide bonds. The molecule has 6 nitrogen and oxygen atoms in total. The Labute approximate surface area is 199 Å². The Morgan fingerprint density at radius 1 is 1.00 bits per heavy atom. The number of alkyl halides is 5. The zero-order valence-corrected chi connectivity index (χ0v) is 18.4. The monoisotopic (exact) mass is 516 g/mol. The molecule has 3 aromatic rings. The average Bonchev–Trinajstić information content (AvgIpc) is 3.22. The van der Waals surface area contributed by atoms with Crippen LogP contribution in [0.15, 0.2) is 48.8 Å². The van der Waals surface area contributed by atoms with Crippen molar-refractivity contribution in [2.75, 3.05) is 6.61 Å². The van der Waals surface area contributed by atoms with Crippen LogP contribution in [-0.4, -0.2) is 44.0 Å². The molecule has 1 atom stereocenters. The van der Waals surface area contributed by atoms with Crippen molar-refractivity contribution in [3.63, 3.8) is 0 Å². The Kier molecular flexibility index (Phi) is 5.36. The molecule has 0 unspecified atom stereocenters. The lowest BCUT2D eigenvalue weighted by molar-refractivity contribution is -0.347. The van der Waals surface area contributed by atoms with Crippen LogP contribution in [0, 0.1) is 17.0 Å². The molecule has 0 spiro atoms. The van der Waals surface area contributed by atoms with Crippen molar-refractivity contribution in [3.05, 3.63) is 71.6 Å². The molecule has 3 aliphatic rings. The fraction of sp³-hybridized carbons (Fsp3) is 0.435. The van der Waals surface area contributed by atoms with E-state index in [1.165, 1.54) is 18.2 Å². The predicted octanol–water partition coefficient (Wildman–Crippen LogP) is 4.54. The van der Waals surface area contributed by atoms with Gasteiger partial charge in [-0.15, -0.1) is 5.10 Å². The van der Waals surface area contributed by atoms with E-state index in [1.807, 2.05) is 0 Å². The molecule has 0 radical (unpaired) electrons. The van der Waals surface area contributed by atoms with Gasteiger partial charge in [-0.25, -0.2) is 22.2 Å². The van der Waals surface area contributed by atoms with Crippen molar-refractivity contribution in [1.82, 2.24) is 20.2 Å². The van der Waals surface area contributed by atoms with E-state index in [-0.39, 0.29) is 25.0 Å². The van der Waals surface area contributed by atoms with Crippen LogP contribution in [-0.2, 0) is 17.6 Å². The van der Waals surface area contributed by atoms with Gasteiger partial charge >= 0.3 is 6.18 Å². The van der Waals surface area contributed by atoms with Gasteiger partial charge in [0, 0.05) is 17.0 Å². The molecule has 1 heterocycles. The summed E-state index contributed by atoms with van der Waals surface area (Å²) in [4.78, 5) is 0. The SMILES string of the molecule is O[C@@](Cn1cnnn1)(c1ccc(F)cc1F)C(F)(F)C12CC(c3cccc(OCC(F)(F)F)c3)(C1)C2. The van der Waals surface area contributed by atoms with Crippen molar-refractivity contribution in [1.29, 1.82) is 0 Å². The van der Waals surface area contributed by atoms with Gasteiger partial charge in [-0.2, -0.15) is 13.2 Å². The predicted molar refractivity (Wildman–Crippen MR) is 109 cm³/mol. The van der Waals surface area contributed by atoms with Gasteiger partial charge < -0.3 is 9.84 Å². The summed E-state index contributed by atoms with van der Waals surface area (Å²) in [6, 6.07) is 7.78. The lowest BCUT2D eigenvalue weighted by Gasteiger charge is -2.74. The Morgan fingerprint density at radius 2 is 1.72 bits per heavy atom. The first kappa shape index (κ1) is 24.5. The molecule has 1 aromatic heterocycles. The Balaban J connectivity index is 1.43. The van der Waals surface area contributed by atoms with E-state index in [0.29, 0.717) is 11.6 Å². The molecular weight excluding hydrogens is 497 g/mol. The molecule has 3 fully saturated rings. The van der Waals surface area contributed by atoms with Gasteiger partial charge in [-0.1, -0.05) is 12.1 Å². The van der Waals surface area contributed by atoms with E-state index in [4.69, 9.17) is 4.74 Å². The van der Waals surface area contributed by atoms with Gasteiger partial charge in [0.1, 0.15) is 23.7 Å². The first-order valence-electron chi connectivity index (χ1n) is 10.9. The molecule has 1 N–H and O–H groups in total. The number of aromatic nitrogens is 4. The normalized spacial score (nSPS) is 25.0. The Hall–Kier alpha value is -3.22. The van der Waals surface area contributed by atoms with Crippen LogP contribution in [0.3, 0.4) is 0 Å². The van der Waals surface area contributed by atoms with E-state index in [9.17, 15) is 27.1 Å². The summed E-state index contributed by atoms with van der Waals surface area (Å²) in [5.74, 6) is -6.29. The number of tetrazole rings is 1. The van der Waals surface area contributed by atoms with E-state index in [0.717, 1.165) is 23.1 Å². The third-order valence-corrected chi connectivity index (χ3v) is 7.22. The van der Waals surface area contributed by atoms with Crippen molar-refractivity contribution in [3.8, 4) is 5.75 Å². The van der Waals surface area contributed by atoms with Gasteiger partial charge in [0.25, 0.3) is 5.92 Å². The first-order chi connectivity index (χ1) is 16.8. The minimum Gasteiger partial charge on any atom is -0.484 e. The average molecular weight is 516 g/mol. The summed E-state index contributed by atoms with van der Waals surface area (Å²) in [7, 11) is 0. The highest BCUT2D eigenvalue weighted by atomic mass is 19.4. The molecule has 2 bridgehead atoms. The van der Waals surface area contributed by atoms with Crippen molar-refractivity contribution in [2.45, 2.75) is 48.9 Å². The van der Waals surface area contributed by atoms with Crippen molar-refractivity contribution >= 4 is 0 Å². The summed E-state index contributed by atoms with van der Waals surface area (Å²) in [6.07, 6.45) is -3.85. The fourth-order valence-electron chi connectivity index (χ4n) is 5.61. The van der Waals surface area contributed by atoms with Gasteiger partial charge in [-0.05, 0) is 64.9 Å². The maximum Gasteiger partial charge on any atom is 0.422 e. The van der Waals surface area contributed by atoms with Crippen LogP contribution >= 0.6 is 0 Å². The molecule has 3 aliphatic carbocycles. The molecule has 3 saturated carbocycles. The quantitative estimate of drug-likeness (QED) is 0.446. The Morgan fingerprint density at radius 3 is 2.33 bits per heavy atom. The molecule has 6 rings (SSSR count). The third-order valence-electron chi connectivity index (χ3n) is 7.22. The molecule has 192 valence electrons. The number of hydrogen-bond acceptors (Lipinski definition) is 5. The van der Waals surface area contributed by atoms with Crippen LogP contribution in [0.25, 0.3) is 0 Å². The lowest BCUT2D eigenvalue weighted by atomic mass is 9.30. The number of hydrogen-bond donors (Lipinski definition) is 1. The first-order valence-corrected chi connectivity index (χ1v) is 10.9. The molecule has 2 aromatic carbocycles. The van der Waals surface area contributed by atoms with E-state index in [1.54, 1.807) is 6.07 Å². The molecular formula is C23H19F7N4O2. The summed E-state index contributed by atoms with van der Waals surface area (Å²) in [5, 5.41) is 21.6. The van der Waals surface area contributed by atoms with Gasteiger partial charge in [0.05, 0.1) is 6.54 Å². The number of aliphatic hydroxyl groups is 1.